The Balaban J connectivity index is 1.73. The zero-order chi connectivity index (χ0) is 12.5. The summed E-state index contributed by atoms with van der Waals surface area (Å²) in [5.41, 5.74) is 7.48. The Bertz CT molecular complexity index is 566. The van der Waals surface area contributed by atoms with Gasteiger partial charge in [0, 0.05) is 16.5 Å². The van der Waals surface area contributed by atoms with Gasteiger partial charge in [-0.3, -0.25) is 0 Å². The van der Waals surface area contributed by atoms with E-state index in [2.05, 4.69) is 15.5 Å². The van der Waals surface area contributed by atoms with Crippen molar-refractivity contribution in [3.8, 4) is 0 Å². The first kappa shape index (κ1) is 11.8. The Morgan fingerprint density at radius 1 is 1.44 bits per heavy atom. The van der Waals surface area contributed by atoms with Gasteiger partial charge in [-0.25, -0.2) is 4.68 Å². The molecule has 94 valence electrons. The largest absolute Gasteiger partial charge is 0.399 e. The summed E-state index contributed by atoms with van der Waals surface area (Å²) in [4.78, 5) is 0. The van der Waals surface area contributed by atoms with Crippen molar-refractivity contribution < 1.29 is 0 Å². The third kappa shape index (κ3) is 2.44. The molecule has 1 aliphatic carbocycles. The van der Waals surface area contributed by atoms with Gasteiger partial charge in [-0.2, -0.15) is 0 Å². The number of anilines is 1. The molecule has 0 aliphatic heterocycles. The van der Waals surface area contributed by atoms with E-state index in [1.807, 2.05) is 16.8 Å². The van der Waals surface area contributed by atoms with Crippen molar-refractivity contribution in [1.82, 2.24) is 20.2 Å². The van der Waals surface area contributed by atoms with E-state index >= 15 is 0 Å². The van der Waals surface area contributed by atoms with Crippen molar-refractivity contribution in [1.29, 1.82) is 0 Å². The minimum atomic E-state index is 0.485. The first-order valence-electron chi connectivity index (χ1n) is 5.68. The molecule has 5 nitrogen and oxygen atoms in total. The number of thioether (sulfide) groups is 1. The molecular weight excluding hydrogens is 270 g/mol. The fourth-order valence-corrected chi connectivity index (χ4v) is 2.88. The molecule has 1 aromatic heterocycles. The Labute approximate surface area is 114 Å². The van der Waals surface area contributed by atoms with Crippen LogP contribution in [0.5, 0.6) is 0 Å². The molecule has 7 heteroatoms. The highest BCUT2D eigenvalue weighted by molar-refractivity contribution is 7.98. The Hall–Kier alpha value is -1.27. The SMILES string of the molecule is Nc1ccc(Cl)c(CSc2nnnn2C2CC2)c1. The molecule has 2 aromatic rings. The summed E-state index contributed by atoms with van der Waals surface area (Å²) >= 11 is 7.71. The van der Waals surface area contributed by atoms with E-state index in [0.29, 0.717) is 6.04 Å². The lowest BCUT2D eigenvalue weighted by atomic mass is 10.2. The quantitative estimate of drug-likeness (QED) is 0.689. The standard InChI is InChI=1S/C11H12ClN5S/c12-10-4-1-8(13)5-7(10)6-18-11-14-15-16-17(11)9-2-3-9/h1,4-5,9H,2-3,6,13H2. The maximum Gasteiger partial charge on any atom is 0.209 e. The molecular formula is C11H12ClN5S. The smallest absolute Gasteiger partial charge is 0.209 e. The molecule has 0 spiro atoms. The van der Waals surface area contributed by atoms with Gasteiger partial charge in [0.15, 0.2) is 0 Å². The summed E-state index contributed by atoms with van der Waals surface area (Å²) in [6, 6.07) is 5.99. The second-order valence-electron chi connectivity index (χ2n) is 4.28. The second kappa shape index (κ2) is 4.78. The lowest BCUT2D eigenvalue weighted by Crippen LogP contribution is -1.99. The molecule has 0 unspecified atom stereocenters. The average Bonchev–Trinajstić information content (AvgIpc) is 3.10. The van der Waals surface area contributed by atoms with Crippen molar-refractivity contribution in [2.24, 2.45) is 0 Å². The van der Waals surface area contributed by atoms with Crippen LogP contribution in [0.3, 0.4) is 0 Å². The predicted octanol–water partition coefficient (Wildman–Crippen LogP) is 2.54. The predicted molar refractivity (Wildman–Crippen MR) is 71.5 cm³/mol. The molecule has 0 atom stereocenters. The van der Waals surface area contributed by atoms with Crippen molar-refractivity contribution >= 4 is 29.1 Å². The van der Waals surface area contributed by atoms with Crippen LogP contribution in [0.4, 0.5) is 5.69 Å². The van der Waals surface area contributed by atoms with Gasteiger partial charge in [0.05, 0.1) is 6.04 Å². The summed E-state index contributed by atoms with van der Waals surface area (Å²) in [7, 11) is 0. The molecule has 1 aromatic carbocycles. The second-order valence-corrected chi connectivity index (χ2v) is 5.63. The molecule has 2 N–H and O–H groups in total. The highest BCUT2D eigenvalue weighted by Gasteiger charge is 2.27. The van der Waals surface area contributed by atoms with E-state index in [1.54, 1.807) is 17.8 Å². The monoisotopic (exact) mass is 281 g/mol. The van der Waals surface area contributed by atoms with E-state index < -0.39 is 0 Å². The molecule has 3 rings (SSSR count). The molecule has 0 radical (unpaired) electrons. The lowest BCUT2D eigenvalue weighted by molar-refractivity contribution is 0.565. The van der Waals surface area contributed by atoms with Gasteiger partial charge in [0.1, 0.15) is 0 Å². The van der Waals surface area contributed by atoms with Gasteiger partial charge in [-0.15, -0.1) is 5.10 Å². The van der Waals surface area contributed by atoms with Crippen molar-refractivity contribution in [2.75, 3.05) is 5.73 Å². The fraction of sp³-hybridized carbons (Fsp3) is 0.364. The summed E-state index contributed by atoms with van der Waals surface area (Å²) in [6.07, 6.45) is 2.33. The first-order valence-corrected chi connectivity index (χ1v) is 7.05. The highest BCUT2D eigenvalue weighted by Crippen LogP contribution is 2.37. The molecule has 1 heterocycles. The topological polar surface area (TPSA) is 69.6 Å². The van der Waals surface area contributed by atoms with Crippen LogP contribution in [-0.4, -0.2) is 20.2 Å². The average molecular weight is 282 g/mol. The highest BCUT2D eigenvalue weighted by atomic mass is 35.5. The summed E-state index contributed by atoms with van der Waals surface area (Å²) in [5, 5.41) is 13.3. The minimum absolute atomic E-state index is 0.485. The van der Waals surface area contributed by atoms with Crippen LogP contribution in [0, 0.1) is 0 Å². The zero-order valence-electron chi connectivity index (χ0n) is 9.58. The number of hydrogen-bond acceptors (Lipinski definition) is 5. The van der Waals surface area contributed by atoms with E-state index in [9.17, 15) is 0 Å². The van der Waals surface area contributed by atoms with Crippen molar-refractivity contribution in [3.05, 3.63) is 28.8 Å². The third-order valence-corrected chi connectivity index (χ3v) is 4.13. The lowest BCUT2D eigenvalue weighted by Gasteiger charge is -2.05. The molecule has 1 saturated carbocycles. The van der Waals surface area contributed by atoms with E-state index in [1.165, 1.54) is 0 Å². The number of nitrogens with zero attached hydrogens (tertiary/aromatic N) is 4. The number of halogens is 1. The van der Waals surface area contributed by atoms with Gasteiger partial charge >= 0.3 is 0 Å². The molecule has 1 aliphatic rings. The number of tetrazole rings is 1. The number of benzene rings is 1. The number of hydrogen-bond donors (Lipinski definition) is 1. The fourth-order valence-electron chi connectivity index (χ4n) is 1.68. The van der Waals surface area contributed by atoms with E-state index in [4.69, 9.17) is 17.3 Å². The number of nitrogen functional groups attached to an aromatic ring is 1. The summed E-state index contributed by atoms with van der Waals surface area (Å²) < 4.78 is 1.89. The maximum atomic E-state index is 6.12. The van der Waals surface area contributed by atoms with Crippen molar-refractivity contribution in [2.45, 2.75) is 29.8 Å². The van der Waals surface area contributed by atoms with Crippen LogP contribution in [0.1, 0.15) is 24.4 Å². The zero-order valence-corrected chi connectivity index (χ0v) is 11.2. The Kier molecular flexibility index (Phi) is 3.13. The van der Waals surface area contributed by atoms with Crippen LogP contribution in [0.15, 0.2) is 23.4 Å². The van der Waals surface area contributed by atoms with Gasteiger partial charge in [-0.05, 0) is 47.0 Å². The Morgan fingerprint density at radius 2 is 2.28 bits per heavy atom. The van der Waals surface area contributed by atoms with Gasteiger partial charge in [0.25, 0.3) is 0 Å². The van der Waals surface area contributed by atoms with Crippen LogP contribution in [-0.2, 0) is 5.75 Å². The van der Waals surface area contributed by atoms with Crippen LogP contribution in [0.25, 0.3) is 0 Å². The van der Waals surface area contributed by atoms with Crippen LogP contribution in [0.2, 0.25) is 5.02 Å². The minimum Gasteiger partial charge on any atom is -0.399 e. The third-order valence-electron chi connectivity index (χ3n) is 2.78. The molecule has 0 saturated heterocycles. The van der Waals surface area contributed by atoms with Gasteiger partial charge < -0.3 is 5.73 Å². The normalized spacial score (nSPS) is 14.9. The summed E-state index contributed by atoms with van der Waals surface area (Å²) in [6.45, 7) is 0. The number of rotatable bonds is 4. The first-order chi connectivity index (χ1) is 8.74. The van der Waals surface area contributed by atoms with Gasteiger partial charge in [0.2, 0.25) is 5.16 Å². The van der Waals surface area contributed by atoms with Crippen molar-refractivity contribution in [3.63, 3.8) is 0 Å². The number of nitrogens with two attached hydrogens (primary N) is 1. The van der Waals surface area contributed by atoms with Gasteiger partial charge in [-0.1, -0.05) is 23.4 Å². The molecule has 1 fully saturated rings. The number of aromatic nitrogens is 4. The maximum absolute atomic E-state index is 6.12. The molecule has 0 amide bonds. The summed E-state index contributed by atoms with van der Waals surface area (Å²) in [5.74, 6) is 0.719. The van der Waals surface area contributed by atoms with Crippen LogP contribution < -0.4 is 5.73 Å². The van der Waals surface area contributed by atoms with E-state index in [0.717, 1.165) is 40.0 Å². The molecule has 0 bridgehead atoms. The van der Waals surface area contributed by atoms with Crippen LogP contribution >= 0.6 is 23.4 Å². The van der Waals surface area contributed by atoms with E-state index in [-0.39, 0.29) is 0 Å². The Morgan fingerprint density at radius 3 is 3.06 bits per heavy atom. The molecule has 18 heavy (non-hydrogen) atoms.